The second-order valence-corrected chi connectivity index (χ2v) is 12.5. The molecule has 4 rings (SSSR count). The van der Waals surface area contributed by atoms with Gasteiger partial charge in [0.15, 0.2) is 5.78 Å². The minimum absolute atomic E-state index is 0.0562. The summed E-state index contributed by atoms with van der Waals surface area (Å²) in [6, 6.07) is 13.3. The Morgan fingerprint density at radius 1 is 1.00 bits per heavy atom. The highest BCUT2D eigenvalue weighted by molar-refractivity contribution is 5.96. The summed E-state index contributed by atoms with van der Waals surface area (Å²) in [6.07, 6.45) is 3.82. The maximum Gasteiger partial charge on any atom is 0.319 e. The van der Waals surface area contributed by atoms with Crippen LogP contribution < -0.4 is 10.6 Å². The average Bonchev–Trinajstić information content (AvgIpc) is 2.90. The van der Waals surface area contributed by atoms with Crippen molar-refractivity contribution < 1.29 is 18.8 Å². The maximum atomic E-state index is 13.4. The van der Waals surface area contributed by atoms with E-state index in [2.05, 4.69) is 15.5 Å². The molecule has 1 unspecified atom stereocenters. The van der Waals surface area contributed by atoms with E-state index in [4.69, 9.17) is 0 Å². The molecule has 8 heteroatoms. The van der Waals surface area contributed by atoms with E-state index in [1.165, 1.54) is 19.1 Å². The predicted octanol–water partition coefficient (Wildman–Crippen LogP) is 5.37. The number of carbonyl (C=O) groups excluding carboxylic acids is 3. The van der Waals surface area contributed by atoms with Gasteiger partial charge in [-0.25, -0.2) is 9.18 Å². The fraction of sp³-hybridized carbons (Fsp3) is 0.531. The van der Waals surface area contributed by atoms with Crippen LogP contribution >= 0.6 is 0 Å². The van der Waals surface area contributed by atoms with Crippen molar-refractivity contribution in [3.05, 3.63) is 65.5 Å². The molecule has 3 atom stereocenters. The monoisotopic (exact) mass is 550 g/mol. The lowest BCUT2D eigenvalue weighted by Gasteiger charge is -2.44. The summed E-state index contributed by atoms with van der Waals surface area (Å²) in [5.41, 5.74) is 1.81. The molecule has 2 fully saturated rings. The number of urea groups is 1. The fourth-order valence-corrected chi connectivity index (χ4v) is 5.99. The molecule has 2 aliphatic rings. The molecule has 40 heavy (non-hydrogen) atoms. The topological polar surface area (TPSA) is 81.8 Å². The summed E-state index contributed by atoms with van der Waals surface area (Å²) in [4.78, 5) is 42.3. The maximum absolute atomic E-state index is 13.4. The van der Waals surface area contributed by atoms with Gasteiger partial charge in [-0.1, -0.05) is 45.0 Å². The van der Waals surface area contributed by atoms with Crippen LogP contribution in [-0.2, 0) is 11.2 Å². The quantitative estimate of drug-likeness (QED) is 0.455. The Morgan fingerprint density at radius 2 is 1.75 bits per heavy atom. The van der Waals surface area contributed by atoms with Gasteiger partial charge < -0.3 is 20.4 Å². The first kappa shape index (κ1) is 29.7. The van der Waals surface area contributed by atoms with Crippen molar-refractivity contribution in [3.8, 4) is 0 Å². The van der Waals surface area contributed by atoms with Crippen LogP contribution in [0.5, 0.6) is 0 Å². The Morgan fingerprint density at radius 3 is 2.45 bits per heavy atom. The molecule has 2 aliphatic heterocycles. The Bertz CT molecular complexity index is 1190. The van der Waals surface area contributed by atoms with Crippen molar-refractivity contribution in [2.24, 2.45) is 17.3 Å². The zero-order chi connectivity index (χ0) is 28.9. The molecule has 2 aromatic rings. The zero-order valence-corrected chi connectivity index (χ0v) is 24.2. The van der Waals surface area contributed by atoms with Crippen LogP contribution in [0.1, 0.15) is 62.9 Å². The number of nitrogens with one attached hydrogen (secondary N) is 2. The molecule has 2 N–H and O–H groups in total. The van der Waals surface area contributed by atoms with Gasteiger partial charge in [-0.05, 0) is 74.9 Å². The third-order valence-corrected chi connectivity index (χ3v) is 8.04. The van der Waals surface area contributed by atoms with Crippen LogP contribution in [0.2, 0.25) is 0 Å². The van der Waals surface area contributed by atoms with Crippen LogP contribution in [-0.4, -0.2) is 66.3 Å². The first-order valence-electron chi connectivity index (χ1n) is 14.4. The van der Waals surface area contributed by atoms with Crippen molar-refractivity contribution in [3.63, 3.8) is 0 Å². The molecular weight excluding hydrogens is 507 g/mol. The molecule has 0 radical (unpaired) electrons. The van der Waals surface area contributed by atoms with Gasteiger partial charge in [0.05, 0.1) is 0 Å². The summed E-state index contributed by atoms with van der Waals surface area (Å²) in [6.45, 7) is 11.3. The van der Waals surface area contributed by atoms with Gasteiger partial charge in [0.2, 0.25) is 5.91 Å². The van der Waals surface area contributed by atoms with E-state index < -0.39 is 5.41 Å². The van der Waals surface area contributed by atoms with Gasteiger partial charge in [0, 0.05) is 54.8 Å². The molecule has 7 nitrogen and oxygen atoms in total. The molecule has 0 saturated carbocycles. The third kappa shape index (κ3) is 8.13. The van der Waals surface area contributed by atoms with Crippen LogP contribution in [0.15, 0.2) is 48.5 Å². The lowest BCUT2D eigenvalue weighted by atomic mass is 9.86. The highest BCUT2D eigenvalue weighted by atomic mass is 19.1. The standard InChI is InChI=1S/C32H43FN4O3/c1-22(38)25-8-5-9-28(18-25)34-31(40)35-29-14-16-37(30(39)32(2,3)4)21-26(29)20-36-15-6-7-24(19-36)17-23-10-12-27(33)13-11-23/h5,8-13,18,24,26,29H,6-7,14-17,19-21H2,1-4H3,(H2,34,35,40)/t24?,26-,29-/m1/s1. The molecule has 3 amide bonds. The normalized spacial score (nSPS) is 22.0. The van der Waals surface area contributed by atoms with Crippen molar-refractivity contribution >= 4 is 23.4 Å². The van der Waals surface area contributed by atoms with Gasteiger partial charge >= 0.3 is 6.03 Å². The Kier molecular flexibility index (Phi) is 9.61. The number of hydrogen-bond donors (Lipinski definition) is 2. The largest absolute Gasteiger partial charge is 0.342 e. The van der Waals surface area contributed by atoms with E-state index in [0.717, 1.165) is 44.5 Å². The molecular formula is C32H43FN4O3. The number of hydrogen-bond acceptors (Lipinski definition) is 4. The average molecular weight is 551 g/mol. The second kappa shape index (κ2) is 12.9. The summed E-state index contributed by atoms with van der Waals surface area (Å²) in [5.74, 6) is 0.431. The van der Waals surface area contributed by atoms with E-state index in [0.29, 0.717) is 36.7 Å². The van der Waals surface area contributed by atoms with Crippen molar-refractivity contribution in [2.75, 3.05) is 38.0 Å². The van der Waals surface area contributed by atoms with Gasteiger partial charge in [-0.2, -0.15) is 0 Å². The van der Waals surface area contributed by atoms with Gasteiger partial charge in [0.25, 0.3) is 0 Å². The number of Topliss-reactive ketones (excluding diaryl/α,β-unsaturated/α-hetero) is 1. The van der Waals surface area contributed by atoms with Crippen LogP contribution in [0.4, 0.5) is 14.9 Å². The summed E-state index contributed by atoms with van der Waals surface area (Å²) in [7, 11) is 0. The van der Waals surface area contributed by atoms with E-state index in [1.807, 2.05) is 37.8 Å². The van der Waals surface area contributed by atoms with Crippen LogP contribution in [0, 0.1) is 23.1 Å². The zero-order valence-electron chi connectivity index (χ0n) is 24.2. The number of piperidine rings is 2. The SMILES string of the molecule is CC(=O)c1cccc(NC(=O)N[C@@H]2CCN(C(=O)C(C)(C)C)C[C@H]2CN2CCCC(Cc3ccc(F)cc3)C2)c1. The van der Waals surface area contributed by atoms with E-state index in [-0.39, 0.29) is 35.5 Å². The Hall–Kier alpha value is -3.26. The van der Waals surface area contributed by atoms with Crippen LogP contribution in [0.25, 0.3) is 0 Å². The highest BCUT2D eigenvalue weighted by Crippen LogP contribution is 2.27. The number of carbonyl (C=O) groups is 3. The smallest absolute Gasteiger partial charge is 0.319 e. The molecule has 2 aromatic carbocycles. The number of rotatable bonds is 7. The van der Waals surface area contributed by atoms with Crippen LogP contribution in [0.3, 0.4) is 0 Å². The van der Waals surface area contributed by atoms with Crippen molar-refractivity contribution in [1.29, 1.82) is 0 Å². The minimum atomic E-state index is -0.463. The third-order valence-electron chi connectivity index (χ3n) is 8.04. The van der Waals surface area contributed by atoms with Gasteiger partial charge in [-0.15, -0.1) is 0 Å². The lowest BCUT2D eigenvalue weighted by molar-refractivity contribution is -0.141. The highest BCUT2D eigenvalue weighted by Gasteiger charge is 2.37. The number of halogens is 1. The molecule has 2 saturated heterocycles. The Labute approximate surface area is 237 Å². The summed E-state index contributed by atoms with van der Waals surface area (Å²) < 4.78 is 13.4. The van der Waals surface area contributed by atoms with Gasteiger partial charge in [-0.3, -0.25) is 9.59 Å². The number of anilines is 1. The predicted molar refractivity (Wildman–Crippen MR) is 156 cm³/mol. The van der Waals surface area contributed by atoms with Crippen molar-refractivity contribution in [1.82, 2.24) is 15.1 Å². The first-order chi connectivity index (χ1) is 19.0. The molecule has 216 valence electrons. The Balaban J connectivity index is 1.42. The number of likely N-dealkylation sites (tertiary alicyclic amines) is 2. The van der Waals surface area contributed by atoms with E-state index in [1.54, 1.807) is 24.3 Å². The molecule has 0 aliphatic carbocycles. The summed E-state index contributed by atoms with van der Waals surface area (Å²) in [5, 5.41) is 6.06. The number of ketones is 1. The fourth-order valence-electron chi connectivity index (χ4n) is 5.99. The lowest BCUT2D eigenvalue weighted by Crippen LogP contribution is -2.57. The second-order valence-electron chi connectivity index (χ2n) is 12.5. The number of nitrogens with zero attached hydrogens (tertiary/aromatic N) is 2. The number of benzene rings is 2. The van der Waals surface area contributed by atoms with Gasteiger partial charge in [0.1, 0.15) is 5.82 Å². The number of amides is 3. The first-order valence-corrected chi connectivity index (χ1v) is 14.4. The van der Waals surface area contributed by atoms with Crippen molar-refractivity contribution in [2.45, 2.75) is 59.4 Å². The molecule has 0 aromatic heterocycles. The minimum Gasteiger partial charge on any atom is -0.342 e. The van der Waals surface area contributed by atoms with E-state index >= 15 is 0 Å². The van der Waals surface area contributed by atoms with E-state index in [9.17, 15) is 18.8 Å². The molecule has 2 heterocycles. The summed E-state index contributed by atoms with van der Waals surface area (Å²) >= 11 is 0. The molecule has 0 spiro atoms. The molecule has 0 bridgehead atoms.